The summed E-state index contributed by atoms with van der Waals surface area (Å²) in [6.45, 7) is 1.76. The number of carbonyl (C=O) groups excluding carboxylic acids is 1. The lowest BCUT2D eigenvalue weighted by atomic mass is 10.2. The first-order chi connectivity index (χ1) is 8.60. The topological polar surface area (TPSA) is 39.2 Å². The Morgan fingerprint density at radius 3 is 2.78 bits per heavy atom. The fourth-order valence-corrected chi connectivity index (χ4v) is 1.58. The van der Waals surface area contributed by atoms with E-state index in [4.69, 9.17) is 16.3 Å². The molecule has 3 nitrogen and oxygen atoms in total. The van der Waals surface area contributed by atoms with Crippen LogP contribution in [0.1, 0.15) is 15.9 Å². The van der Waals surface area contributed by atoms with Crippen molar-refractivity contribution in [3.8, 4) is 11.6 Å². The van der Waals surface area contributed by atoms with Crippen LogP contribution in [0.3, 0.4) is 0 Å². The van der Waals surface area contributed by atoms with E-state index in [0.29, 0.717) is 29.0 Å². The number of hydrogen-bond donors (Lipinski definition) is 0. The van der Waals surface area contributed by atoms with E-state index in [2.05, 4.69) is 4.98 Å². The Morgan fingerprint density at radius 1 is 1.39 bits per heavy atom. The molecule has 2 rings (SSSR count). The van der Waals surface area contributed by atoms with Gasteiger partial charge in [0, 0.05) is 23.4 Å². The Labute approximate surface area is 108 Å². The van der Waals surface area contributed by atoms with Crippen molar-refractivity contribution in [1.29, 1.82) is 0 Å². The van der Waals surface area contributed by atoms with Crippen LogP contribution < -0.4 is 4.74 Å². The lowest BCUT2D eigenvalue weighted by Crippen LogP contribution is -1.93. The fourth-order valence-electron chi connectivity index (χ4n) is 1.41. The van der Waals surface area contributed by atoms with Gasteiger partial charge in [-0.05, 0) is 25.1 Å². The lowest BCUT2D eigenvalue weighted by molar-refractivity contribution is 0.112. The summed E-state index contributed by atoms with van der Waals surface area (Å²) in [6.07, 6.45) is 2.11. The molecule has 18 heavy (non-hydrogen) atoms. The van der Waals surface area contributed by atoms with E-state index in [1.807, 2.05) is 0 Å². The van der Waals surface area contributed by atoms with E-state index < -0.39 is 5.82 Å². The molecule has 0 aliphatic heterocycles. The maximum atomic E-state index is 13.0. The summed E-state index contributed by atoms with van der Waals surface area (Å²) in [4.78, 5) is 14.6. The van der Waals surface area contributed by atoms with Gasteiger partial charge in [-0.2, -0.15) is 0 Å². The molecule has 0 N–H and O–H groups in total. The molecule has 0 aliphatic rings. The van der Waals surface area contributed by atoms with Crippen LogP contribution in [0.15, 0.2) is 30.5 Å². The van der Waals surface area contributed by atoms with Gasteiger partial charge >= 0.3 is 0 Å². The van der Waals surface area contributed by atoms with Crippen molar-refractivity contribution in [1.82, 2.24) is 4.98 Å². The van der Waals surface area contributed by atoms with Crippen LogP contribution in [0.25, 0.3) is 0 Å². The monoisotopic (exact) mass is 265 g/mol. The number of hydrogen-bond acceptors (Lipinski definition) is 3. The zero-order chi connectivity index (χ0) is 13.1. The van der Waals surface area contributed by atoms with Gasteiger partial charge in [0.25, 0.3) is 0 Å². The molecule has 0 spiro atoms. The fraction of sp³-hybridized carbons (Fsp3) is 0.0769. The number of halogens is 2. The maximum absolute atomic E-state index is 13.0. The van der Waals surface area contributed by atoms with Gasteiger partial charge in [0.05, 0.1) is 5.02 Å². The number of aldehydes is 1. The first kappa shape index (κ1) is 12.5. The Morgan fingerprint density at radius 2 is 2.17 bits per heavy atom. The third-order valence-corrected chi connectivity index (χ3v) is 2.58. The SMILES string of the molecule is Cc1cc(C=O)cnc1Oc1ccc(F)c(Cl)c1. The quantitative estimate of drug-likeness (QED) is 0.793. The smallest absolute Gasteiger partial charge is 0.222 e. The van der Waals surface area contributed by atoms with Gasteiger partial charge < -0.3 is 4.74 Å². The first-order valence-electron chi connectivity index (χ1n) is 5.15. The largest absolute Gasteiger partial charge is 0.439 e. The summed E-state index contributed by atoms with van der Waals surface area (Å²) in [5.74, 6) is 0.226. The third-order valence-electron chi connectivity index (χ3n) is 2.29. The number of aromatic nitrogens is 1. The number of aryl methyl sites for hydroxylation is 1. The zero-order valence-corrected chi connectivity index (χ0v) is 10.2. The van der Waals surface area contributed by atoms with Crippen molar-refractivity contribution in [2.45, 2.75) is 6.92 Å². The van der Waals surface area contributed by atoms with Crippen LogP contribution in [-0.4, -0.2) is 11.3 Å². The van der Waals surface area contributed by atoms with Crippen molar-refractivity contribution >= 4 is 17.9 Å². The summed E-state index contributed by atoms with van der Waals surface area (Å²) in [6, 6.07) is 5.69. The molecule has 5 heteroatoms. The molecule has 1 aromatic heterocycles. The van der Waals surface area contributed by atoms with E-state index in [-0.39, 0.29) is 5.02 Å². The van der Waals surface area contributed by atoms with E-state index in [9.17, 15) is 9.18 Å². The molecular formula is C13H9ClFNO2. The summed E-state index contributed by atoms with van der Waals surface area (Å²) >= 11 is 5.65. The normalized spacial score (nSPS) is 10.2. The van der Waals surface area contributed by atoms with Crippen molar-refractivity contribution in [3.05, 3.63) is 52.4 Å². The molecule has 0 aliphatic carbocycles. The summed E-state index contributed by atoms with van der Waals surface area (Å²) in [5, 5.41) is -0.0188. The summed E-state index contributed by atoms with van der Waals surface area (Å²) in [7, 11) is 0. The highest BCUT2D eigenvalue weighted by Gasteiger charge is 2.06. The predicted octanol–water partition coefficient (Wildman–Crippen LogP) is 3.79. The molecule has 0 bridgehead atoms. The molecular weight excluding hydrogens is 257 g/mol. The molecule has 92 valence electrons. The molecule has 0 saturated heterocycles. The van der Waals surface area contributed by atoms with Gasteiger partial charge in [-0.1, -0.05) is 11.6 Å². The van der Waals surface area contributed by atoms with E-state index in [0.717, 1.165) is 0 Å². The molecule has 0 atom stereocenters. The number of nitrogens with zero attached hydrogens (tertiary/aromatic N) is 1. The van der Waals surface area contributed by atoms with Gasteiger partial charge in [-0.25, -0.2) is 9.37 Å². The van der Waals surface area contributed by atoms with Crippen molar-refractivity contribution < 1.29 is 13.9 Å². The van der Waals surface area contributed by atoms with Gasteiger partial charge in [0.15, 0.2) is 6.29 Å². The van der Waals surface area contributed by atoms with Crippen LogP contribution in [0.5, 0.6) is 11.6 Å². The number of carbonyl (C=O) groups is 1. The second-order valence-electron chi connectivity index (χ2n) is 3.69. The van der Waals surface area contributed by atoms with Crippen LogP contribution in [0.4, 0.5) is 4.39 Å². The predicted molar refractivity (Wildman–Crippen MR) is 65.8 cm³/mol. The highest BCUT2D eigenvalue weighted by Crippen LogP contribution is 2.26. The molecule has 0 radical (unpaired) electrons. The Kier molecular flexibility index (Phi) is 3.58. The molecule has 1 aromatic carbocycles. The molecule has 0 fully saturated rings. The Balaban J connectivity index is 2.28. The number of ether oxygens (including phenoxy) is 1. The molecule has 0 amide bonds. The van der Waals surface area contributed by atoms with Crippen LogP contribution in [0.2, 0.25) is 5.02 Å². The average Bonchev–Trinajstić information content (AvgIpc) is 2.36. The summed E-state index contributed by atoms with van der Waals surface area (Å²) in [5.41, 5.74) is 1.18. The Bertz CT molecular complexity index is 602. The van der Waals surface area contributed by atoms with E-state index in [1.54, 1.807) is 13.0 Å². The Hall–Kier alpha value is -1.94. The minimum Gasteiger partial charge on any atom is -0.439 e. The number of benzene rings is 1. The van der Waals surface area contributed by atoms with Gasteiger partial charge in [0.1, 0.15) is 11.6 Å². The molecule has 0 saturated carbocycles. The molecule has 0 unspecified atom stereocenters. The molecule has 1 heterocycles. The first-order valence-corrected chi connectivity index (χ1v) is 5.52. The van der Waals surface area contributed by atoms with E-state index in [1.165, 1.54) is 24.4 Å². The van der Waals surface area contributed by atoms with Gasteiger partial charge in [-0.15, -0.1) is 0 Å². The lowest BCUT2D eigenvalue weighted by Gasteiger charge is -2.08. The van der Waals surface area contributed by atoms with Gasteiger partial charge in [-0.3, -0.25) is 4.79 Å². The number of rotatable bonds is 3. The van der Waals surface area contributed by atoms with E-state index >= 15 is 0 Å². The van der Waals surface area contributed by atoms with Crippen molar-refractivity contribution in [2.75, 3.05) is 0 Å². The molecule has 2 aromatic rings. The maximum Gasteiger partial charge on any atom is 0.222 e. The second kappa shape index (κ2) is 5.14. The van der Waals surface area contributed by atoms with Crippen molar-refractivity contribution in [3.63, 3.8) is 0 Å². The number of pyridine rings is 1. The minimum atomic E-state index is -0.509. The van der Waals surface area contributed by atoms with Crippen LogP contribution in [0, 0.1) is 12.7 Å². The van der Waals surface area contributed by atoms with Crippen LogP contribution in [-0.2, 0) is 0 Å². The third kappa shape index (κ3) is 2.65. The van der Waals surface area contributed by atoms with Crippen molar-refractivity contribution in [2.24, 2.45) is 0 Å². The van der Waals surface area contributed by atoms with Crippen LogP contribution >= 0.6 is 11.6 Å². The average molecular weight is 266 g/mol. The standard InChI is InChI=1S/C13H9ClFNO2/c1-8-4-9(7-17)6-16-13(8)18-10-2-3-12(15)11(14)5-10/h2-7H,1H3. The van der Waals surface area contributed by atoms with Gasteiger partial charge in [0.2, 0.25) is 5.88 Å². The summed E-state index contributed by atoms with van der Waals surface area (Å²) < 4.78 is 18.4. The zero-order valence-electron chi connectivity index (χ0n) is 9.48. The minimum absolute atomic E-state index is 0.0188. The highest BCUT2D eigenvalue weighted by molar-refractivity contribution is 6.30. The second-order valence-corrected chi connectivity index (χ2v) is 4.09. The highest BCUT2D eigenvalue weighted by atomic mass is 35.5.